The lowest BCUT2D eigenvalue weighted by molar-refractivity contribution is -0.384. The zero-order valence-electron chi connectivity index (χ0n) is 16.7. The first-order valence-corrected chi connectivity index (χ1v) is 9.72. The fraction of sp³-hybridized carbons (Fsp3) is 0.0870. The zero-order valence-corrected chi connectivity index (χ0v) is 16.7. The van der Waals surface area contributed by atoms with Gasteiger partial charge in [-0.2, -0.15) is 4.80 Å². The first-order valence-electron chi connectivity index (χ1n) is 9.72. The molecule has 0 radical (unpaired) electrons. The van der Waals surface area contributed by atoms with Crippen molar-refractivity contribution in [3.05, 3.63) is 94.0 Å². The normalized spacial score (nSPS) is 11.1. The van der Waals surface area contributed by atoms with E-state index in [1.54, 1.807) is 35.1 Å². The number of amides is 1. The topological polar surface area (TPSA) is 103 Å². The van der Waals surface area contributed by atoms with Gasteiger partial charge in [-0.05, 0) is 54.0 Å². The van der Waals surface area contributed by atoms with Gasteiger partial charge in [0.05, 0.1) is 10.6 Å². The lowest BCUT2D eigenvalue weighted by Crippen LogP contribution is -2.07. The van der Waals surface area contributed by atoms with Crippen LogP contribution >= 0.6 is 0 Å². The third-order valence-corrected chi connectivity index (χ3v) is 4.73. The number of nitrogens with one attached hydrogen (secondary N) is 1. The van der Waals surface area contributed by atoms with Crippen molar-refractivity contribution in [3.8, 4) is 5.69 Å². The molecule has 154 valence electrons. The van der Waals surface area contributed by atoms with Crippen molar-refractivity contribution < 1.29 is 9.72 Å². The summed E-state index contributed by atoms with van der Waals surface area (Å²) < 4.78 is 0. The lowest BCUT2D eigenvalue weighted by Gasteiger charge is -2.01. The summed E-state index contributed by atoms with van der Waals surface area (Å²) in [5, 5.41) is 22.6. The fourth-order valence-corrected chi connectivity index (χ4v) is 3.07. The number of nitro benzene ring substituents is 1. The molecule has 4 rings (SSSR count). The first kappa shape index (κ1) is 20.0. The highest BCUT2D eigenvalue weighted by molar-refractivity contribution is 6.02. The molecule has 0 aliphatic carbocycles. The van der Waals surface area contributed by atoms with Gasteiger partial charge in [-0.3, -0.25) is 14.9 Å². The fourth-order valence-electron chi connectivity index (χ4n) is 3.07. The highest BCUT2D eigenvalue weighted by atomic mass is 16.6. The maximum atomic E-state index is 12.3. The van der Waals surface area contributed by atoms with Crippen molar-refractivity contribution in [2.24, 2.45) is 0 Å². The van der Waals surface area contributed by atoms with E-state index >= 15 is 0 Å². The van der Waals surface area contributed by atoms with E-state index in [0.29, 0.717) is 22.3 Å². The molecule has 0 spiro atoms. The Balaban J connectivity index is 1.48. The third-order valence-electron chi connectivity index (χ3n) is 4.73. The summed E-state index contributed by atoms with van der Waals surface area (Å²) in [4.78, 5) is 24.2. The van der Waals surface area contributed by atoms with Crippen molar-refractivity contribution in [1.82, 2.24) is 15.0 Å². The first-order chi connectivity index (χ1) is 15.0. The predicted octanol–water partition coefficient (Wildman–Crippen LogP) is 4.54. The molecular formula is C23H19N5O3. The molecular weight excluding hydrogens is 394 g/mol. The molecule has 0 atom stereocenters. The van der Waals surface area contributed by atoms with E-state index in [9.17, 15) is 14.9 Å². The van der Waals surface area contributed by atoms with Crippen LogP contribution in [-0.2, 0) is 11.2 Å². The minimum Gasteiger partial charge on any atom is -0.322 e. The average Bonchev–Trinajstić information content (AvgIpc) is 3.21. The minimum absolute atomic E-state index is 0.0274. The standard InChI is InChI=1S/C23H19N5O3/c1-2-16-6-10-19(11-7-16)27-25-21-12-9-18(15-22(21)26-27)24-23(29)13-8-17-4-3-5-20(14-17)28(30)31/h3-15H,2H2,1H3,(H,24,29). The van der Waals surface area contributed by atoms with Crippen LogP contribution in [0.15, 0.2) is 72.8 Å². The van der Waals surface area contributed by atoms with Crippen molar-refractivity contribution in [3.63, 3.8) is 0 Å². The summed E-state index contributed by atoms with van der Waals surface area (Å²) in [5.41, 5.74) is 4.58. The van der Waals surface area contributed by atoms with Crippen LogP contribution in [0.3, 0.4) is 0 Å². The number of rotatable bonds is 6. The maximum absolute atomic E-state index is 12.3. The Kier molecular flexibility index (Phi) is 5.53. The SMILES string of the molecule is CCc1ccc(-n2nc3ccc(NC(=O)C=Cc4cccc([N+](=O)[O-])c4)cc3n2)cc1. The highest BCUT2D eigenvalue weighted by Crippen LogP contribution is 2.18. The van der Waals surface area contributed by atoms with Crippen LogP contribution < -0.4 is 5.32 Å². The summed E-state index contributed by atoms with van der Waals surface area (Å²) in [6, 6.07) is 19.4. The van der Waals surface area contributed by atoms with Gasteiger partial charge >= 0.3 is 0 Å². The molecule has 0 aliphatic heterocycles. The van der Waals surface area contributed by atoms with Gasteiger partial charge < -0.3 is 5.32 Å². The summed E-state index contributed by atoms with van der Waals surface area (Å²) in [6.07, 6.45) is 3.82. The second kappa shape index (κ2) is 8.58. The number of hydrogen-bond donors (Lipinski definition) is 1. The molecule has 8 heteroatoms. The summed E-state index contributed by atoms with van der Waals surface area (Å²) in [7, 11) is 0. The average molecular weight is 413 g/mol. The van der Waals surface area contributed by atoms with Crippen LogP contribution in [0.4, 0.5) is 11.4 Å². The Bertz CT molecular complexity index is 1290. The zero-order chi connectivity index (χ0) is 21.8. The Morgan fingerprint density at radius 2 is 1.84 bits per heavy atom. The molecule has 31 heavy (non-hydrogen) atoms. The van der Waals surface area contributed by atoms with Crippen molar-refractivity contribution in [1.29, 1.82) is 0 Å². The van der Waals surface area contributed by atoms with E-state index < -0.39 is 4.92 Å². The van der Waals surface area contributed by atoms with E-state index in [1.165, 1.54) is 29.8 Å². The van der Waals surface area contributed by atoms with Gasteiger partial charge in [0.25, 0.3) is 5.69 Å². The molecule has 0 unspecified atom stereocenters. The molecule has 0 bridgehead atoms. The van der Waals surface area contributed by atoms with E-state index in [1.807, 2.05) is 24.3 Å². The number of aromatic nitrogens is 3. The van der Waals surface area contributed by atoms with Crippen molar-refractivity contribution >= 4 is 34.4 Å². The molecule has 1 heterocycles. The van der Waals surface area contributed by atoms with Crippen LogP contribution in [0.2, 0.25) is 0 Å². The molecule has 1 aromatic heterocycles. The molecule has 0 aliphatic rings. The number of non-ortho nitro benzene ring substituents is 1. The van der Waals surface area contributed by atoms with Gasteiger partial charge in [0.15, 0.2) is 0 Å². The molecule has 3 aromatic carbocycles. The van der Waals surface area contributed by atoms with Gasteiger partial charge in [-0.15, -0.1) is 10.2 Å². The van der Waals surface area contributed by atoms with Gasteiger partial charge in [-0.25, -0.2) is 0 Å². The Morgan fingerprint density at radius 1 is 1.06 bits per heavy atom. The molecule has 0 saturated heterocycles. The summed E-state index contributed by atoms with van der Waals surface area (Å²) in [5.74, 6) is -0.353. The molecule has 1 amide bonds. The quantitative estimate of drug-likeness (QED) is 0.284. The van der Waals surface area contributed by atoms with E-state index in [0.717, 1.165) is 12.1 Å². The second-order valence-corrected chi connectivity index (χ2v) is 6.89. The lowest BCUT2D eigenvalue weighted by atomic mass is 10.2. The molecule has 0 saturated carbocycles. The number of nitro groups is 1. The van der Waals surface area contributed by atoms with E-state index in [-0.39, 0.29) is 11.6 Å². The smallest absolute Gasteiger partial charge is 0.270 e. The van der Waals surface area contributed by atoms with Crippen LogP contribution in [-0.4, -0.2) is 25.8 Å². The summed E-state index contributed by atoms with van der Waals surface area (Å²) in [6.45, 7) is 2.10. The number of fused-ring (bicyclic) bond motifs is 1. The largest absolute Gasteiger partial charge is 0.322 e. The number of hydrogen-bond acceptors (Lipinski definition) is 5. The van der Waals surface area contributed by atoms with Crippen LogP contribution in [0.1, 0.15) is 18.1 Å². The summed E-state index contributed by atoms with van der Waals surface area (Å²) >= 11 is 0. The van der Waals surface area contributed by atoms with E-state index in [4.69, 9.17) is 0 Å². The molecule has 8 nitrogen and oxygen atoms in total. The van der Waals surface area contributed by atoms with Gasteiger partial charge in [0, 0.05) is 23.9 Å². The second-order valence-electron chi connectivity index (χ2n) is 6.89. The van der Waals surface area contributed by atoms with Gasteiger partial charge in [-0.1, -0.05) is 31.2 Å². The maximum Gasteiger partial charge on any atom is 0.270 e. The number of nitrogens with zero attached hydrogens (tertiary/aromatic N) is 4. The van der Waals surface area contributed by atoms with Crippen LogP contribution in [0, 0.1) is 10.1 Å². The molecule has 4 aromatic rings. The molecule has 0 fully saturated rings. The number of anilines is 1. The third kappa shape index (κ3) is 4.64. The van der Waals surface area contributed by atoms with Gasteiger partial charge in [0.1, 0.15) is 11.0 Å². The van der Waals surface area contributed by atoms with E-state index in [2.05, 4.69) is 22.4 Å². The Morgan fingerprint density at radius 3 is 2.58 bits per heavy atom. The van der Waals surface area contributed by atoms with Crippen LogP contribution in [0.5, 0.6) is 0 Å². The highest BCUT2D eigenvalue weighted by Gasteiger charge is 2.08. The van der Waals surface area contributed by atoms with Crippen LogP contribution in [0.25, 0.3) is 22.8 Å². The Hall–Kier alpha value is -4.33. The van der Waals surface area contributed by atoms with Gasteiger partial charge in [0.2, 0.25) is 5.91 Å². The molecule has 1 N–H and O–H groups in total. The number of benzene rings is 3. The number of aryl methyl sites for hydroxylation is 1. The Labute approximate surface area is 178 Å². The number of carbonyl (C=O) groups excluding carboxylic acids is 1. The minimum atomic E-state index is -0.474. The monoisotopic (exact) mass is 413 g/mol. The van der Waals surface area contributed by atoms with Crippen molar-refractivity contribution in [2.75, 3.05) is 5.32 Å². The number of carbonyl (C=O) groups is 1. The predicted molar refractivity (Wildman–Crippen MR) is 119 cm³/mol. The van der Waals surface area contributed by atoms with Crippen molar-refractivity contribution in [2.45, 2.75) is 13.3 Å².